The van der Waals surface area contributed by atoms with Crippen LogP contribution in [0.4, 0.5) is 14.5 Å². The number of hydrogen-bond donors (Lipinski definition) is 3. The predicted octanol–water partition coefficient (Wildman–Crippen LogP) is 4.84. The SMILES string of the molecule is CCc1cccc(CNC[C@H](O)[C@H](Cc2cc(F)cc(F)c2)NC(=O)c2ccc(S(=O)(=O)N(C)c3ccccc3)cc2)c1. The Morgan fingerprint density at radius 3 is 2.16 bits per heavy atom. The van der Waals surface area contributed by atoms with Gasteiger partial charge in [0.15, 0.2) is 0 Å². The highest BCUT2D eigenvalue weighted by atomic mass is 32.2. The van der Waals surface area contributed by atoms with Crippen LogP contribution in [-0.2, 0) is 29.4 Å². The minimum Gasteiger partial charge on any atom is -0.390 e. The van der Waals surface area contributed by atoms with Gasteiger partial charge in [0, 0.05) is 31.8 Å². The first-order valence-corrected chi connectivity index (χ1v) is 15.4. The zero-order valence-electron chi connectivity index (χ0n) is 24.0. The maximum absolute atomic E-state index is 13.9. The normalized spacial score (nSPS) is 12.9. The van der Waals surface area contributed by atoms with Crippen molar-refractivity contribution in [2.75, 3.05) is 17.9 Å². The number of nitrogens with one attached hydrogen (secondary N) is 2. The maximum Gasteiger partial charge on any atom is 0.264 e. The van der Waals surface area contributed by atoms with Gasteiger partial charge < -0.3 is 15.7 Å². The van der Waals surface area contributed by atoms with Crippen LogP contribution in [-0.4, -0.2) is 45.2 Å². The zero-order chi connectivity index (χ0) is 31.0. The van der Waals surface area contributed by atoms with Crippen molar-refractivity contribution in [1.82, 2.24) is 10.6 Å². The molecule has 0 radical (unpaired) electrons. The molecule has 0 saturated heterocycles. The van der Waals surface area contributed by atoms with E-state index >= 15 is 0 Å². The number of amides is 1. The maximum atomic E-state index is 13.9. The lowest BCUT2D eigenvalue weighted by atomic mass is 10.00. The molecule has 0 saturated carbocycles. The third kappa shape index (κ3) is 8.47. The van der Waals surface area contributed by atoms with Gasteiger partial charge in [-0.1, -0.05) is 49.4 Å². The van der Waals surface area contributed by atoms with Crippen LogP contribution in [0.1, 0.15) is 34.0 Å². The summed E-state index contributed by atoms with van der Waals surface area (Å²) in [6.45, 7) is 2.64. The van der Waals surface area contributed by atoms with Gasteiger partial charge in [-0.15, -0.1) is 0 Å². The third-order valence-electron chi connectivity index (χ3n) is 7.14. The molecule has 4 aromatic carbocycles. The van der Waals surface area contributed by atoms with Gasteiger partial charge in [0.1, 0.15) is 11.6 Å². The van der Waals surface area contributed by atoms with E-state index < -0.39 is 39.7 Å². The Hall–Kier alpha value is -4.12. The van der Waals surface area contributed by atoms with E-state index in [0.717, 1.165) is 34.5 Å². The molecule has 0 spiro atoms. The number of aliphatic hydroxyl groups is 1. The van der Waals surface area contributed by atoms with Crippen molar-refractivity contribution in [2.45, 2.75) is 43.4 Å². The minimum absolute atomic E-state index is 0.00133. The van der Waals surface area contributed by atoms with Gasteiger partial charge in [-0.05, 0) is 78.1 Å². The molecule has 4 rings (SSSR count). The molecule has 0 aromatic heterocycles. The number of para-hydroxylation sites is 1. The molecule has 0 aliphatic carbocycles. The number of carbonyl (C=O) groups is 1. The average Bonchev–Trinajstić information content (AvgIpc) is 3.00. The van der Waals surface area contributed by atoms with Gasteiger partial charge in [0.25, 0.3) is 15.9 Å². The quantitative estimate of drug-likeness (QED) is 0.202. The molecule has 3 N–H and O–H groups in total. The molecule has 0 aliphatic heterocycles. The Kier molecular flexibility index (Phi) is 10.6. The lowest BCUT2D eigenvalue weighted by molar-refractivity contribution is 0.0829. The number of hydrogen-bond acceptors (Lipinski definition) is 5. The van der Waals surface area contributed by atoms with Gasteiger partial charge in [-0.25, -0.2) is 17.2 Å². The molecule has 2 atom stereocenters. The Morgan fingerprint density at radius 2 is 1.51 bits per heavy atom. The number of benzene rings is 4. The fraction of sp³-hybridized carbons (Fsp3) is 0.242. The molecule has 226 valence electrons. The highest BCUT2D eigenvalue weighted by molar-refractivity contribution is 7.92. The van der Waals surface area contributed by atoms with Crippen LogP contribution in [0.2, 0.25) is 0 Å². The topological polar surface area (TPSA) is 98.7 Å². The third-order valence-corrected chi connectivity index (χ3v) is 8.94. The summed E-state index contributed by atoms with van der Waals surface area (Å²) in [5, 5.41) is 17.0. The first kappa shape index (κ1) is 31.8. The summed E-state index contributed by atoms with van der Waals surface area (Å²) in [7, 11) is -2.43. The van der Waals surface area contributed by atoms with E-state index in [4.69, 9.17) is 0 Å². The van der Waals surface area contributed by atoms with E-state index in [1.54, 1.807) is 30.3 Å². The highest BCUT2D eigenvalue weighted by Gasteiger charge is 2.25. The van der Waals surface area contributed by atoms with Gasteiger partial charge in [0.05, 0.1) is 22.7 Å². The number of sulfonamides is 1. The van der Waals surface area contributed by atoms with E-state index in [1.165, 1.54) is 36.9 Å². The molecule has 43 heavy (non-hydrogen) atoms. The highest BCUT2D eigenvalue weighted by Crippen LogP contribution is 2.22. The van der Waals surface area contributed by atoms with Crippen LogP contribution in [0.25, 0.3) is 0 Å². The van der Waals surface area contributed by atoms with Crippen molar-refractivity contribution in [3.8, 4) is 0 Å². The van der Waals surface area contributed by atoms with Gasteiger partial charge in [-0.3, -0.25) is 9.10 Å². The first-order valence-electron chi connectivity index (χ1n) is 13.9. The number of carbonyl (C=O) groups excluding carboxylic acids is 1. The van der Waals surface area contributed by atoms with Crippen molar-refractivity contribution < 1.29 is 27.1 Å². The van der Waals surface area contributed by atoms with Crippen molar-refractivity contribution >= 4 is 21.6 Å². The summed E-state index contributed by atoms with van der Waals surface area (Å²) in [4.78, 5) is 13.2. The van der Waals surface area contributed by atoms with Crippen molar-refractivity contribution in [2.24, 2.45) is 0 Å². The lowest BCUT2D eigenvalue weighted by Crippen LogP contribution is -2.48. The fourth-order valence-corrected chi connectivity index (χ4v) is 5.89. The first-order chi connectivity index (χ1) is 20.6. The Bertz CT molecular complexity index is 1610. The molecule has 10 heteroatoms. The molecule has 0 fully saturated rings. The van der Waals surface area contributed by atoms with Gasteiger partial charge in [0.2, 0.25) is 0 Å². The van der Waals surface area contributed by atoms with Gasteiger partial charge in [-0.2, -0.15) is 0 Å². The largest absolute Gasteiger partial charge is 0.390 e. The molecular formula is C33H35F2N3O4S. The minimum atomic E-state index is -3.88. The number of aliphatic hydroxyl groups excluding tert-OH is 1. The van der Waals surface area contributed by atoms with Crippen molar-refractivity contribution in [3.05, 3.63) is 131 Å². The summed E-state index contributed by atoms with van der Waals surface area (Å²) >= 11 is 0. The summed E-state index contributed by atoms with van der Waals surface area (Å²) in [5.74, 6) is -2.10. The molecule has 0 bridgehead atoms. The van der Waals surface area contributed by atoms with Crippen LogP contribution < -0.4 is 14.9 Å². The summed E-state index contributed by atoms with van der Waals surface area (Å²) in [6.07, 6.45) is -0.252. The summed E-state index contributed by atoms with van der Waals surface area (Å²) < 4.78 is 55.2. The van der Waals surface area contributed by atoms with Crippen LogP contribution in [0.15, 0.2) is 102 Å². The second-order valence-electron chi connectivity index (χ2n) is 10.3. The molecule has 0 unspecified atom stereocenters. The smallest absolute Gasteiger partial charge is 0.264 e. The standard InChI is InChI=1S/C33H35F2N3O4S/c1-3-23-8-7-9-24(16-23)21-36-22-32(39)31(19-25-17-27(34)20-28(35)18-25)37-33(40)26-12-14-30(15-13-26)43(41,42)38(2)29-10-5-4-6-11-29/h4-18,20,31-32,36,39H,3,19,21-22H2,1-2H3,(H,37,40)/t31-,32-/m0/s1. The molecule has 1 amide bonds. The molecular weight excluding hydrogens is 572 g/mol. The number of aryl methyl sites for hydroxylation is 1. The van der Waals surface area contributed by atoms with Gasteiger partial charge >= 0.3 is 0 Å². The van der Waals surface area contributed by atoms with Crippen molar-refractivity contribution in [3.63, 3.8) is 0 Å². The molecule has 7 nitrogen and oxygen atoms in total. The van der Waals surface area contributed by atoms with E-state index in [1.807, 2.05) is 18.2 Å². The monoisotopic (exact) mass is 607 g/mol. The zero-order valence-corrected chi connectivity index (χ0v) is 24.8. The van der Waals surface area contributed by atoms with Crippen molar-refractivity contribution in [1.29, 1.82) is 0 Å². The Balaban J connectivity index is 1.48. The predicted molar refractivity (Wildman–Crippen MR) is 163 cm³/mol. The van der Waals surface area contributed by atoms with Crippen LogP contribution >= 0.6 is 0 Å². The van der Waals surface area contributed by atoms with E-state index in [0.29, 0.717) is 12.2 Å². The van der Waals surface area contributed by atoms with E-state index in [-0.39, 0.29) is 29.0 Å². The van der Waals surface area contributed by atoms with Crippen LogP contribution in [0.5, 0.6) is 0 Å². The fourth-order valence-electron chi connectivity index (χ4n) is 4.70. The molecule has 0 aliphatic rings. The second kappa shape index (κ2) is 14.4. The molecule has 4 aromatic rings. The van der Waals surface area contributed by atoms with Crippen LogP contribution in [0.3, 0.4) is 0 Å². The molecule has 0 heterocycles. The Labute approximate surface area is 251 Å². The number of anilines is 1. The second-order valence-corrected chi connectivity index (χ2v) is 12.2. The van der Waals surface area contributed by atoms with Crippen LogP contribution in [0, 0.1) is 11.6 Å². The number of nitrogens with zero attached hydrogens (tertiary/aromatic N) is 1. The summed E-state index contributed by atoms with van der Waals surface area (Å²) in [6, 6.07) is 24.2. The number of rotatable bonds is 13. The lowest BCUT2D eigenvalue weighted by Gasteiger charge is -2.25. The number of halogens is 2. The summed E-state index contributed by atoms with van der Waals surface area (Å²) in [5.41, 5.74) is 3.13. The Morgan fingerprint density at radius 1 is 0.860 bits per heavy atom. The van der Waals surface area contributed by atoms with E-state index in [2.05, 4.69) is 23.6 Å². The van der Waals surface area contributed by atoms with E-state index in [9.17, 15) is 27.1 Å². The average molecular weight is 608 g/mol.